The highest BCUT2D eigenvalue weighted by Crippen LogP contribution is 2.42. The summed E-state index contributed by atoms with van der Waals surface area (Å²) in [6.45, 7) is 0. The predicted molar refractivity (Wildman–Crippen MR) is 88.6 cm³/mol. The number of urea groups is 1. The molecular weight excluding hydrogens is 332 g/mol. The first-order valence-corrected chi connectivity index (χ1v) is 7.44. The van der Waals surface area contributed by atoms with Crippen LogP contribution in [-0.2, 0) is 4.79 Å². The Hall–Kier alpha value is -2.86. The summed E-state index contributed by atoms with van der Waals surface area (Å²) in [5.74, 6) is 0.643. The van der Waals surface area contributed by atoms with E-state index in [9.17, 15) is 14.4 Å². The second kappa shape index (κ2) is 6.33. The van der Waals surface area contributed by atoms with Gasteiger partial charge in [-0.05, 0) is 29.8 Å². The summed E-state index contributed by atoms with van der Waals surface area (Å²) in [6, 6.07) is 8.67. The Balaban J connectivity index is 2.24. The van der Waals surface area contributed by atoms with E-state index in [1.807, 2.05) is 0 Å². The summed E-state index contributed by atoms with van der Waals surface area (Å²) in [5.41, 5.74) is 1.79. The minimum atomic E-state index is -0.732. The van der Waals surface area contributed by atoms with E-state index in [-0.39, 0.29) is 0 Å². The Labute approximate surface area is 143 Å². The van der Waals surface area contributed by atoms with Crippen LogP contribution in [0.25, 0.3) is 0 Å². The van der Waals surface area contributed by atoms with Gasteiger partial charge in [0.2, 0.25) is 6.41 Å². The Morgan fingerprint density at radius 2 is 1.88 bits per heavy atom. The maximum Gasteiger partial charge on any atom is 0.329 e. The Morgan fingerprint density at radius 3 is 2.46 bits per heavy atom. The van der Waals surface area contributed by atoms with Gasteiger partial charge in [-0.2, -0.15) is 0 Å². The van der Waals surface area contributed by atoms with Crippen molar-refractivity contribution in [3.8, 4) is 5.75 Å². The quantitative estimate of drug-likeness (QED) is 0.864. The number of methoxy groups -OCH3 is 1. The molecule has 2 aromatic carbocycles. The fourth-order valence-corrected chi connectivity index (χ4v) is 3.03. The van der Waals surface area contributed by atoms with Crippen LogP contribution in [0.15, 0.2) is 36.4 Å². The molecule has 1 unspecified atom stereocenters. The highest BCUT2D eigenvalue weighted by molar-refractivity contribution is 6.32. The van der Waals surface area contributed by atoms with E-state index in [4.69, 9.17) is 16.3 Å². The van der Waals surface area contributed by atoms with Gasteiger partial charge in [-0.3, -0.25) is 14.5 Å². The third-order valence-corrected chi connectivity index (χ3v) is 4.24. The van der Waals surface area contributed by atoms with E-state index in [1.54, 1.807) is 37.4 Å². The lowest BCUT2D eigenvalue weighted by molar-refractivity contribution is -0.116. The highest BCUT2D eigenvalue weighted by Gasteiger charge is 2.36. The molecule has 1 aliphatic rings. The number of carbonyl (C=O) groups excluding carboxylic acids is 3. The average molecular weight is 345 g/mol. The van der Waals surface area contributed by atoms with Crippen LogP contribution in [0.1, 0.15) is 27.5 Å². The van der Waals surface area contributed by atoms with Crippen LogP contribution in [-0.4, -0.2) is 30.7 Å². The molecule has 0 bridgehead atoms. The van der Waals surface area contributed by atoms with E-state index < -0.39 is 12.1 Å². The number of benzene rings is 2. The number of ether oxygens (including phenoxy) is 1. The van der Waals surface area contributed by atoms with Gasteiger partial charge in [-0.1, -0.05) is 23.7 Å². The minimum absolute atomic E-state index is 0.298. The fourth-order valence-electron chi connectivity index (χ4n) is 2.77. The normalized spacial score (nSPS) is 16.2. The van der Waals surface area contributed by atoms with E-state index in [0.717, 1.165) is 4.90 Å². The number of rotatable bonds is 4. The van der Waals surface area contributed by atoms with Gasteiger partial charge in [0.1, 0.15) is 5.75 Å². The lowest BCUT2D eigenvalue weighted by Gasteiger charge is -2.35. The van der Waals surface area contributed by atoms with Gasteiger partial charge in [-0.15, -0.1) is 0 Å². The zero-order valence-electron chi connectivity index (χ0n) is 12.7. The SMILES string of the molecule is COc1ccc(C2c3c(Cl)ccc(C=O)c3NC(=O)N2C=O)cc1. The van der Waals surface area contributed by atoms with E-state index in [2.05, 4.69) is 5.32 Å². The van der Waals surface area contributed by atoms with Crippen LogP contribution >= 0.6 is 11.6 Å². The highest BCUT2D eigenvalue weighted by atomic mass is 35.5. The number of nitrogens with zero attached hydrogens (tertiary/aromatic N) is 1. The van der Waals surface area contributed by atoms with Crippen molar-refractivity contribution >= 4 is 36.0 Å². The first-order valence-electron chi connectivity index (χ1n) is 7.06. The summed E-state index contributed by atoms with van der Waals surface area (Å²) in [5, 5.41) is 2.91. The molecule has 0 saturated carbocycles. The van der Waals surface area contributed by atoms with Crippen LogP contribution in [0.5, 0.6) is 5.75 Å². The van der Waals surface area contributed by atoms with E-state index >= 15 is 0 Å². The zero-order chi connectivity index (χ0) is 17.3. The largest absolute Gasteiger partial charge is 0.497 e. The van der Waals surface area contributed by atoms with Gasteiger partial charge in [0.25, 0.3) is 0 Å². The van der Waals surface area contributed by atoms with Crippen LogP contribution in [0.4, 0.5) is 10.5 Å². The Morgan fingerprint density at radius 1 is 1.17 bits per heavy atom. The Kier molecular flexibility index (Phi) is 4.22. The average Bonchev–Trinajstić information content (AvgIpc) is 2.61. The molecule has 7 heteroatoms. The Bertz CT molecular complexity index is 820. The second-order valence-corrected chi connectivity index (χ2v) is 5.57. The van der Waals surface area contributed by atoms with Crippen molar-refractivity contribution in [1.29, 1.82) is 0 Å². The number of fused-ring (bicyclic) bond motifs is 1. The molecule has 3 amide bonds. The molecule has 1 heterocycles. The summed E-state index contributed by atoms with van der Waals surface area (Å²) >= 11 is 6.31. The summed E-state index contributed by atoms with van der Waals surface area (Å²) in [4.78, 5) is 36.0. The summed E-state index contributed by atoms with van der Waals surface area (Å²) in [7, 11) is 1.54. The van der Waals surface area contributed by atoms with Gasteiger partial charge in [0.05, 0.1) is 18.8 Å². The minimum Gasteiger partial charge on any atom is -0.497 e. The van der Waals surface area contributed by atoms with Crippen molar-refractivity contribution in [2.75, 3.05) is 12.4 Å². The molecule has 1 atom stereocenters. The van der Waals surface area contributed by atoms with Crippen molar-refractivity contribution in [3.05, 3.63) is 58.1 Å². The second-order valence-electron chi connectivity index (χ2n) is 5.16. The number of anilines is 1. The lowest BCUT2D eigenvalue weighted by Crippen LogP contribution is -2.42. The molecule has 24 heavy (non-hydrogen) atoms. The number of nitrogens with one attached hydrogen (secondary N) is 1. The van der Waals surface area contributed by atoms with Crippen LogP contribution in [0.3, 0.4) is 0 Å². The molecule has 0 fully saturated rings. The summed E-state index contributed by atoms with van der Waals surface area (Å²) in [6.07, 6.45) is 1.08. The number of hydrogen-bond donors (Lipinski definition) is 1. The monoisotopic (exact) mass is 344 g/mol. The molecule has 6 nitrogen and oxygen atoms in total. The number of hydrogen-bond acceptors (Lipinski definition) is 4. The van der Waals surface area contributed by atoms with E-state index in [1.165, 1.54) is 6.07 Å². The van der Waals surface area contributed by atoms with Gasteiger partial charge in [0.15, 0.2) is 6.29 Å². The molecule has 2 aromatic rings. The third kappa shape index (κ3) is 2.51. The number of carbonyl (C=O) groups is 3. The number of amides is 3. The van der Waals surface area contributed by atoms with Crippen molar-refractivity contribution in [1.82, 2.24) is 4.90 Å². The molecular formula is C17H13ClN2O4. The van der Waals surface area contributed by atoms with Gasteiger partial charge >= 0.3 is 6.03 Å². The first-order chi connectivity index (χ1) is 11.6. The number of aldehydes is 1. The van der Waals surface area contributed by atoms with Gasteiger partial charge < -0.3 is 10.1 Å². The molecule has 0 aromatic heterocycles. The van der Waals surface area contributed by atoms with Crippen molar-refractivity contribution in [2.24, 2.45) is 0 Å². The van der Waals surface area contributed by atoms with Crippen molar-refractivity contribution in [3.63, 3.8) is 0 Å². The molecule has 0 aliphatic carbocycles. The maximum atomic E-state index is 12.3. The summed E-state index contributed by atoms with van der Waals surface area (Å²) < 4.78 is 5.13. The maximum absolute atomic E-state index is 12.3. The predicted octanol–water partition coefficient (Wildman–Crippen LogP) is 3.25. The number of halogens is 1. The zero-order valence-corrected chi connectivity index (χ0v) is 13.4. The van der Waals surface area contributed by atoms with Gasteiger partial charge in [0, 0.05) is 16.1 Å². The third-order valence-electron chi connectivity index (χ3n) is 3.91. The molecule has 0 radical (unpaired) electrons. The fraction of sp³-hybridized carbons (Fsp3) is 0.118. The molecule has 1 N–H and O–H groups in total. The molecule has 1 aliphatic heterocycles. The van der Waals surface area contributed by atoms with E-state index in [0.29, 0.717) is 45.8 Å². The van der Waals surface area contributed by atoms with Crippen LogP contribution in [0.2, 0.25) is 5.02 Å². The van der Waals surface area contributed by atoms with Crippen molar-refractivity contribution < 1.29 is 19.1 Å². The number of imide groups is 1. The molecule has 0 spiro atoms. The first kappa shape index (κ1) is 16.0. The molecule has 3 rings (SSSR count). The molecule has 0 saturated heterocycles. The van der Waals surface area contributed by atoms with Crippen LogP contribution < -0.4 is 10.1 Å². The smallest absolute Gasteiger partial charge is 0.329 e. The lowest BCUT2D eigenvalue weighted by atomic mass is 9.92. The standard InChI is InChI=1S/C17H13ClN2O4/c1-24-12-5-2-10(3-6-12)16-14-13(18)7-4-11(8-21)15(14)19-17(23)20(16)9-22/h2-9,16H,1H3,(H,19,23). The van der Waals surface area contributed by atoms with Gasteiger partial charge in [-0.25, -0.2) is 4.79 Å². The van der Waals surface area contributed by atoms with Crippen LogP contribution in [0, 0.1) is 0 Å². The molecule has 122 valence electrons. The topological polar surface area (TPSA) is 75.7 Å². The van der Waals surface area contributed by atoms with Crippen molar-refractivity contribution in [2.45, 2.75) is 6.04 Å².